The molecule has 76 valence electrons. The van der Waals surface area contributed by atoms with E-state index in [1.165, 1.54) is 0 Å². The van der Waals surface area contributed by atoms with Crippen molar-refractivity contribution in [1.29, 1.82) is 0 Å². The van der Waals surface area contributed by atoms with Gasteiger partial charge in [-0.15, -0.1) is 0 Å². The SMILES string of the molecule is CCCOC(=O)CCC(O)C1CC1. The van der Waals surface area contributed by atoms with Crippen molar-refractivity contribution in [3.8, 4) is 0 Å². The molecule has 0 aromatic carbocycles. The molecule has 1 saturated carbocycles. The highest BCUT2D eigenvalue weighted by Gasteiger charge is 2.29. The van der Waals surface area contributed by atoms with Gasteiger partial charge in [0.25, 0.3) is 0 Å². The van der Waals surface area contributed by atoms with Crippen LogP contribution >= 0.6 is 0 Å². The highest BCUT2D eigenvalue weighted by molar-refractivity contribution is 5.69. The zero-order chi connectivity index (χ0) is 9.68. The molecule has 13 heavy (non-hydrogen) atoms. The van der Waals surface area contributed by atoms with E-state index in [4.69, 9.17) is 4.74 Å². The fourth-order valence-electron chi connectivity index (χ4n) is 1.27. The third kappa shape index (κ3) is 4.27. The maximum Gasteiger partial charge on any atom is 0.305 e. The van der Waals surface area contributed by atoms with Crippen LogP contribution in [-0.2, 0) is 9.53 Å². The predicted octanol–water partition coefficient (Wildman–Crippen LogP) is 1.49. The lowest BCUT2D eigenvalue weighted by Crippen LogP contribution is -2.13. The number of ether oxygens (including phenoxy) is 1. The van der Waals surface area contributed by atoms with E-state index in [-0.39, 0.29) is 12.1 Å². The third-order valence-corrected chi connectivity index (χ3v) is 2.28. The van der Waals surface area contributed by atoms with Crippen LogP contribution in [0.25, 0.3) is 0 Å². The quantitative estimate of drug-likeness (QED) is 0.639. The summed E-state index contributed by atoms with van der Waals surface area (Å²) >= 11 is 0. The van der Waals surface area contributed by atoms with Gasteiger partial charge in [-0.1, -0.05) is 6.92 Å². The number of aliphatic hydroxyl groups excluding tert-OH is 1. The van der Waals surface area contributed by atoms with Crippen molar-refractivity contribution in [3.05, 3.63) is 0 Å². The van der Waals surface area contributed by atoms with E-state index in [0.29, 0.717) is 25.4 Å². The lowest BCUT2D eigenvalue weighted by atomic mass is 10.1. The van der Waals surface area contributed by atoms with Gasteiger partial charge in [-0.05, 0) is 31.6 Å². The van der Waals surface area contributed by atoms with Gasteiger partial charge in [0.2, 0.25) is 0 Å². The number of hydrogen-bond acceptors (Lipinski definition) is 3. The molecule has 3 heteroatoms. The predicted molar refractivity (Wildman–Crippen MR) is 49.2 cm³/mol. The van der Waals surface area contributed by atoms with E-state index < -0.39 is 0 Å². The smallest absolute Gasteiger partial charge is 0.305 e. The summed E-state index contributed by atoms with van der Waals surface area (Å²) in [6.45, 7) is 2.46. The summed E-state index contributed by atoms with van der Waals surface area (Å²) in [5.74, 6) is 0.278. The van der Waals surface area contributed by atoms with Crippen molar-refractivity contribution in [2.75, 3.05) is 6.61 Å². The summed E-state index contributed by atoms with van der Waals surface area (Å²) in [5, 5.41) is 9.46. The molecule has 3 nitrogen and oxygen atoms in total. The van der Waals surface area contributed by atoms with Crippen molar-refractivity contribution in [1.82, 2.24) is 0 Å². The van der Waals surface area contributed by atoms with Gasteiger partial charge in [-0.2, -0.15) is 0 Å². The highest BCUT2D eigenvalue weighted by atomic mass is 16.5. The van der Waals surface area contributed by atoms with Crippen LogP contribution in [0.3, 0.4) is 0 Å². The zero-order valence-corrected chi connectivity index (χ0v) is 8.16. The number of aliphatic hydroxyl groups is 1. The molecule has 0 aromatic rings. The average Bonchev–Trinajstić information content (AvgIpc) is 2.93. The number of carbonyl (C=O) groups excluding carboxylic acids is 1. The number of hydrogen-bond donors (Lipinski definition) is 1. The molecule has 1 aliphatic rings. The number of rotatable bonds is 6. The Kier molecular flexibility index (Phi) is 4.22. The van der Waals surface area contributed by atoms with Gasteiger partial charge < -0.3 is 9.84 Å². The number of carbonyl (C=O) groups is 1. The monoisotopic (exact) mass is 186 g/mol. The maximum atomic E-state index is 11.0. The van der Waals surface area contributed by atoms with Crippen LogP contribution in [0.15, 0.2) is 0 Å². The summed E-state index contributed by atoms with van der Waals surface area (Å²) in [6, 6.07) is 0. The summed E-state index contributed by atoms with van der Waals surface area (Å²) in [6.07, 6.45) is 3.73. The second kappa shape index (κ2) is 5.22. The van der Waals surface area contributed by atoms with Crippen LogP contribution in [-0.4, -0.2) is 23.8 Å². The Morgan fingerprint density at radius 1 is 1.62 bits per heavy atom. The Hall–Kier alpha value is -0.570. The normalized spacial score (nSPS) is 18.3. The molecule has 0 aliphatic heterocycles. The Morgan fingerprint density at radius 2 is 2.31 bits per heavy atom. The van der Waals surface area contributed by atoms with Crippen LogP contribution in [0, 0.1) is 5.92 Å². The molecule has 0 radical (unpaired) electrons. The summed E-state index contributed by atoms with van der Waals surface area (Å²) in [5.41, 5.74) is 0. The lowest BCUT2D eigenvalue weighted by Gasteiger charge is -2.07. The molecule has 0 amide bonds. The van der Waals surface area contributed by atoms with Crippen molar-refractivity contribution in [2.45, 2.75) is 45.1 Å². The molecule has 1 aliphatic carbocycles. The fourth-order valence-corrected chi connectivity index (χ4v) is 1.27. The first-order chi connectivity index (χ1) is 6.24. The first-order valence-electron chi connectivity index (χ1n) is 5.07. The van der Waals surface area contributed by atoms with Crippen molar-refractivity contribution in [3.63, 3.8) is 0 Å². The standard InChI is InChI=1S/C10H18O3/c1-2-7-13-10(12)6-5-9(11)8-3-4-8/h8-9,11H,2-7H2,1H3. The fraction of sp³-hybridized carbons (Fsp3) is 0.900. The minimum Gasteiger partial charge on any atom is -0.466 e. The lowest BCUT2D eigenvalue weighted by molar-refractivity contribution is -0.144. The van der Waals surface area contributed by atoms with E-state index in [9.17, 15) is 9.90 Å². The van der Waals surface area contributed by atoms with Gasteiger partial charge in [-0.25, -0.2) is 0 Å². The van der Waals surface area contributed by atoms with Crippen LogP contribution in [0.4, 0.5) is 0 Å². The Morgan fingerprint density at radius 3 is 2.85 bits per heavy atom. The third-order valence-electron chi connectivity index (χ3n) is 2.28. The maximum absolute atomic E-state index is 11.0. The van der Waals surface area contributed by atoms with E-state index in [0.717, 1.165) is 19.3 Å². The van der Waals surface area contributed by atoms with Crippen LogP contribution < -0.4 is 0 Å². The molecule has 0 spiro atoms. The molecule has 0 bridgehead atoms. The van der Waals surface area contributed by atoms with Crippen molar-refractivity contribution >= 4 is 5.97 Å². The van der Waals surface area contributed by atoms with E-state index >= 15 is 0 Å². The summed E-state index contributed by atoms with van der Waals surface area (Å²) in [7, 11) is 0. The number of esters is 1. The molecule has 1 unspecified atom stereocenters. The molecular weight excluding hydrogens is 168 g/mol. The Balaban J connectivity index is 2.00. The minimum absolute atomic E-state index is 0.179. The first kappa shape index (κ1) is 10.5. The van der Waals surface area contributed by atoms with Gasteiger partial charge in [0.15, 0.2) is 0 Å². The van der Waals surface area contributed by atoms with Crippen molar-refractivity contribution < 1.29 is 14.6 Å². The second-order valence-corrected chi connectivity index (χ2v) is 3.66. The van der Waals surface area contributed by atoms with Crippen LogP contribution in [0.1, 0.15) is 39.0 Å². The Bertz CT molecular complexity index is 164. The van der Waals surface area contributed by atoms with Gasteiger partial charge in [0.05, 0.1) is 12.7 Å². The molecule has 0 aromatic heterocycles. The highest BCUT2D eigenvalue weighted by Crippen LogP contribution is 2.34. The molecular formula is C10H18O3. The van der Waals surface area contributed by atoms with Crippen LogP contribution in [0.2, 0.25) is 0 Å². The Labute approximate surface area is 79.1 Å². The van der Waals surface area contributed by atoms with E-state index in [2.05, 4.69) is 0 Å². The van der Waals surface area contributed by atoms with E-state index in [1.807, 2.05) is 6.92 Å². The zero-order valence-electron chi connectivity index (χ0n) is 8.16. The molecule has 1 fully saturated rings. The van der Waals surface area contributed by atoms with E-state index in [1.54, 1.807) is 0 Å². The molecule has 1 atom stereocenters. The molecule has 1 N–H and O–H groups in total. The minimum atomic E-state index is -0.283. The van der Waals surface area contributed by atoms with Crippen molar-refractivity contribution in [2.24, 2.45) is 5.92 Å². The van der Waals surface area contributed by atoms with Gasteiger partial charge in [0.1, 0.15) is 0 Å². The average molecular weight is 186 g/mol. The molecule has 0 heterocycles. The summed E-state index contributed by atoms with van der Waals surface area (Å²) in [4.78, 5) is 11.0. The van der Waals surface area contributed by atoms with Gasteiger partial charge in [-0.3, -0.25) is 4.79 Å². The topological polar surface area (TPSA) is 46.5 Å². The first-order valence-corrected chi connectivity index (χ1v) is 5.07. The van der Waals surface area contributed by atoms with Gasteiger partial charge in [0, 0.05) is 6.42 Å². The second-order valence-electron chi connectivity index (χ2n) is 3.66. The largest absolute Gasteiger partial charge is 0.466 e. The van der Waals surface area contributed by atoms with Gasteiger partial charge >= 0.3 is 5.97 Å². The van der Waals surface area contributed by atoms with Crippen LogP contribution in [0.5, 0.6) is 0 Å². The molecule has 0 saturated heterocycles. The summed E-state index contributed by atoms with van der Waals surface area (Å²) < 4.78 is 4.89. The molecule has 1 rings (SSSR count).